The summed E-state index contributed by atoms with van der Waals surface area (Å²) >= 11 is 0. The molecule has 2 N–H and O–H groups in total. The molecule has 1 saturated heterocycles. The molecular weight excluding hydrogens is 309 g/mol. The van der Waals surface area contributed by atoms with Gasteiger partial charge in [-0.05, 0) is 57.7 Å². The monoisotopic (exact) mass is 339 g/mol. The number of halogens is 2. The van der Waals surface area contributed by atoms with Gasteiger partial charge in [-0.15, -0.1) is 24.8 Å². The molecule has 0 spiro atoms. The van der Waals surface area contributed by atoms with Gasteiger partial charge < -0.3 is 15.5 Å². The van der Waals surface area contributed by atoms with Crippen LogP contribution in [-0.4, -0.2) is 56.0 Å². The summed E-state index contributed by atoms with van der Waals surface area (Å²) in [7, 11) is 4.15. The number of hydrogen-bond donors (Lipinski definition) is 1. The summed E-state index contributed by atoms with van der Waals surface area (Å²) in [6.07, 6.45) is 5.85. The van der Waals surface area contributed by atoms with Crippen molar-refractivity contribution in [3.8, 4) is 0 Å². The molecule has 0 aromatic carbocycles. The Bertz CT molecular complexity index is 317. The zero-order chi connectivity index (χ0) is 13.8. The molecule has 1 unspecified atom stereocenters. The summed E-state index contributed by atoms with van der Waals surface area (Å²) in [6, 6.07) is 0. The highest BCUT2D eigenvalue weighted by Crippen LogP contribution is 2.32. The minimum absolute atomic E-state index is 0. The summed E-state index contributed by atoms with van der Waals surface area (Å²) in [4.78, 5) is 16.9. The van der Waals surface area contributed by atoms with E-state index in [4.69, 9.17) is 5.73 Å². The average molecular weight is 340 g/mol. The maximum atomic E-state index is 12.5. The van der Waals surface area contributed by atoms with Crippen molar-refractivity contribution in [2.45, 2.75) is 32.1 Å². The molecule has 21 heavy (non-hydrogen) atoms. The number of nitrogens with zero attached hydrogens (tertiary/aromatic N) is 2. The highest BCUT2D eigenvalue weighted by molar-refractivity contribution is 5.85. The van der Waals surface area contributed by atoms with Gasteiger partial charge in [-0.2, -0.15) is 0 Å². The largest absolute Gasteiger partial charge is 0.345 e. The molecule has 4 nitrogen and oxygen atoms in total. The third-order valence-electron chi connectivity index (χ3n) is 4.91. The normalized spacial score (nSPS) is 29.4. The third kappa shape index (κ3) is 5.59. The Morgan fingerprint density at radius 2 is 1.95 bits per heavy atom. The van der Waals surface area contributed by atoms with E-state index in [1.807, 2.05) is 11.9 Å². The SMILES string of the molecule is CN1CCCC(CN(C)C(=O)[C@@H]2CCC[C@@H]2CN)C1.Cl.Cl. The summed E-state index contributed by atoms with van der Waals surface area (Å²) in [6.45, 7) is 3.90. The molecule has 1 aliphatic heterocycles. The smallest absolute Gasteiger partial charge is 0.225 e. The van der Waals surface area contributed by atoms with Crippen molar-refractivity contribution in [2.75, 3.05) is 40.3 Å². The maximum Gasteiger partial charge on any atom is 0.225 e. The fourth-order valence-electron chi connectivity index (χ4n) is 3.83. The maximum absolute atomic E-state index is 12.5. The lowest BCUT2D eigenvalue weighted by Gasteiger charge is -2.33. The number of hydrogen-bond acceptors (Lipinski definition) is 3. The second-order valence-corrected chi connectivity index (χ2v) is 6.52. The fraction of sp³-hybridized carbons (Fsp3) is 0.933. The second-order valence-electron chi connectivity index (χ2n) is 6.52. The van der Waals surface area contributed by atoms with Gasteiger partial charge in [-0.3, -0.25) is 4.79 Å². The van der Waals surface area contributed by atoms with Gasteiger partial charge in [0.2, 0.25) is 5.91 Å². The molecule has 1 amide bonds. The first-order valence-electron chi connectivity index (χ1n) is 7.75. The van der Waals surface area contributed by atoms with Gasteiger partial charge in [0.15, 0.2) is 0 Å². The van der Waals surface area contributed by atoms with Gasteiger partial charge in [0, 0.05) is 26.1 Å². The van der Waals surface area contributed by atoms with Crippen LogP contribution in [0.25, 0.3) is 0 Å². The summed E-state index contributed by atoms with van der Waals surface area (Å²) in [5, 5.41) is 0. The summed E-state index contributed by atoms with van der Waals surface area (Å²) < 4.78 is 0. The molecule has 6 heteroatoms. The first-order chi connectivity index (χ1) is 9.11. The molecule has 2 aliphatic rings. The van der Waals surface area contributed by atoms with Crippen molar-refractivity contribution in [1.29, 1.82) is 0 Å². The third-order valence-corrected chi connectivity index (χ3v) is 4.91. The Morgan fingerprint density at radius 3 is 2.57 bits per heavy atom. The van der Waals surface area contributed by atoms with Gasteiger partial charge in [-0.1, -0.05) is 6.42 Å². The van der Waals surface area contributed by atoms with Crippen LogP contribution in [0.4, 0.5) is 0 Å². The van der Waals surface area contributed by atoms with Crippen LogP contribution < -0.4 is 5.73 Å². The minimum atomic E-state index is 0. The molecule has 1 heterocycles. The van der Waals surface area contributed by atoms with Crippen molar-refractivity contribution < 1.29 is 4.79 Å². The van der Waals surface area contributed by atoms with Gasteiger partial charge in [0.05, 0.1) is 0 Å². The first kappa shape index (κ1) is 21.0. The predicted octanol–water partition coefficient (Wildman–Crippen LogP) is 2.01. The number of amides is 1. The van der Waals surface area contributed by atoms with E-state index in [0.717, 1.165) is 32.4 Å². The van der Waals surface area contributed by atoms with Crippen LogP contribution in [0.5, 0.6) is 0 Å². The molecular formula is C15H31Cl2N3O. The Labute approximate surface area is 141 Å². The average Bonchev–Trinajstić information content (AvgIpc) is 2.86. The quantitative estimate of drug-likeness (QED) is 0.852. The van der Waals surface area contributed by atoms with E-state index in [-0.39, 0.29) is 30.7 Å². The van der Waals surface area contributed by atoms with Crippen LogP contribution in [-0.2, 0) is 4.79 Å². The van der Waals surface area contributed by atoms with Crippen molar-refractivity contribution in [1.82, 2.24) is 9.80 Å². The first-order valence-corrected chi connectivity index (χ1v) is 7.75. The number of likely N-dealkylation sites (tertiary alicyclic amines) is 1. The Morgan fingerprint density at radius 1 is 1.24 bits per heavy atom. The molecule has 1 aliphatic carbocycles. The topological polar surface area (TPSA) is 49.6 Å². The Hall–Kier alpha value is -0.0300. The number of nitrogens with two attached hydrogens (primary N) is 1. The molecule has 2 fully saturated rings. The lowest BCUT2D eigenvalue weighted by molar-refractivity contribution is -0.136. The van der Waals surface area contributed by atoms with Crippen LogP contribution >= 0.6 is 24.8 Å². The molecule has 0 bridgehead atoms. The van der Waals surface area contributed by atoms with Gasteiger partial charge in [0.25, 0.3) is 0 Å². The zero-order valence-corrected chi connectivity index (χ0v) is 14.9. The molecule has 0 radical (unpaired) electrons. The van der Waals surface area contributed by atoms with E-state index in [1.165, 1.54) is 19.4 Å². The van der Waals surface area contributed by atoms with E-state index in [1.54, 1.807) is 0 Å². The van der Waals surface area contributed by atoms with Crippen LogP contribution in [0.1, 0.15) is 32.1 Å². The minimum Gasteiger partial charge on any atom is -0.345 e. The zero-order valence-electron chi connectivity index (χ0n) is 13.3. The van der Waals surface area contributed by atoms with Crippen molar-refractivity contribution in [3.63, 3.8) is 0 Å². The van der Waals surface area contributed by atoms with Crippen LogP contribution in [0, 0.1) is 17.8 Å². The molecule has 2 rings (SSSR count). The molecule has 1 saturated carbocycles. The van der Waals surface area contributed by atoms with E-state index in [0.29, 0.717) is 24.3 Å². The van der Waals surface area contributed by atoms with Crippen LogP contribution in [0.3, 0.4) is 0 Å². The van der Waals surface area contributed by atoms with Crippen LogP contribution in [0.2, 0.25) is 0 Å². The number of carbonyl (C=O) groups excluding carboxylic acids is 1. The predicted molar refractivity (Wildman–Crippen MR) is 92.2 cm³/mol. The number of rotatable bonds is 4. The second kappa shape index (κ2) is 9.88. The summed E-state index contributed by atoms with van der Waals surface area (Å²) in [5.74, 6) is 1.59. The van der Waals surface area contributed by atoms with Gasteiger partial charge in [0.1, 0.15) is 0 Å². The molecule has 0 aromatic heterocycles. The van der Waals surface area contributed by atoms with E-state index >= 15 is 0 Å². The number of piperidine rings is 1. The van der Waals surface area contributed by atoms with E-state index in [2.05, 4.69) is 11.9 Å². The van der Waals surface area contributed by atoms with Gasteiger partial charge in [-0.25, -0.2) is 0 Å². The summed E-state index contributed by atoms with van der Waals surface area (Å²) in [5.41, 5.74) is 5.79. The van der Waals surface area contributed by atoms with E-state index in [9.17, 15) is 4.79 Å². The highest BCUT2D eigenvalue weighted by Gasteiger charge is 2.34. The fourth-order valence-corrected chi connectivity index (χ4v) is 3.83. The van der Waals surface area contributed by atoms with Crippen molar-refractivity contribution in [2.24, 2.45) is 23.5 Å². The molecule has 3 atom stereocenters. The molecule has 126 valence electrons. The van der Waals surface area contributed by atoms with Crippen LogP contribution in [0.15, 0.2) is 0 Å². The Balaban J connectivity index is 0.00000200. The Kier molecular flexibility index (Phi) is 9.87. The van der Waals surface area contributed by atoms with E-state index < -0.39 is 0 Å². The van der Waals surface area contributed by atoms with Gasteiger partial charge >= 0.3 is 0 Å². The standard InChI is InChI=1S/C15H29N3O.2ClH/c1-17-8-4-5-12(10-17)11-18(2)15(19)14-7-3-6-13(14)9-16;;/h12-14H,3-11,16H2,1-2H3;2*1H/t12?,13-,14-;;/m1../s1. The molecule has 0 aromatic rings. The van der Waals surface area contributed by atoms with Crippen molar-refractivity contribution >= 4 is 30.7 Å². The highest BCUT2D eigenvalue weighted by atomic mass is 35.5. The lowest BCUT2D eigenvalue weighted by Crippen LogP contribution is -2.43. The number of carbonyl (C=O) groups is 1. The van der Waals surface area contributed by atoms with Crippen molar-refractivity contribution in [3.05, 3.63) is 0 Å². The lowest BCUT2D eigenvalue weighted by atomic mass is 9.93.